The summed E-state index contributed by atoms with van der Waals surface area (Å²) in [5, 5.41) is 13.3. The number of ether oxygens (including phenoxy) is 1. The zero-order chi connectivity index (χ0) is 24.7. The number of anilines is 1. The lowest BCUT2D eigenvalue weighted by Crippen LogP contribution is -2.41. The molecule has 5 nitrogen and oxygen atoms in total. The quantitative estimate of drug-likeness (QED) is 0.417. The van der Waals surface area contributed by atoms with Gasteiger partial charge in [0.05, 0.1) is 23.2 Å². The number of benzene rings is 2. The number of nitrogens with one attached hydrogen (secondary N) is 1. The minimum absolute atomic E-state index is 0.0126. The molecule has 0 aliphatic rings. The second-order valence-electron chi connectivity index (χ2n) is 8.79. The van der Waals surface area contributed by atoms with E-state index in [4.69, 9.17) is 4.74 Å². The summed E-state index contributed by atoms with van der Waals surface area (Å²) >= 11 is 0. The van der Waals surface area contributed by atoms with Gasteiger partial charge in [0.1, 0.15) is 23.1 Å². The maximum atomic E-state index is 15.2. The Morgan fingerprint density at radius 1 is 1.06 bits per heavy atom. The molecule has 0 saturated carbocycles. The Morgan fingerprint density at radius 3 is 2.33 bits per heavy atom. The fourth-order valence-corrected chi connectivity index (χ4v) is 3.44. The molecule has 0 unspecified atom stereocenters. The van der Waals surface area contributed by atoms with E-state index in [1.807, 2.05) is 0 Å². The lowest BCUT2D eigenvalue weighted by atomic mass is 9.91. The van der Waals surface area contributed by atoms with Crippen molar-refractivity contribution in [1.29, 1.82) is 0 Å². The molecule has 9 heteroatoms. The van der Waals surface area contributed by atoms with E-state index < -0.39 is 34.8 Å². The molecule has 2 aromatic carbocycles. The molecule has 0 fully saturated rings. The highest BCUT2D eigenvalue weighted by Gasteiger charge is 2.49. The molecular weight excluding hydrogens is 438 g/mol. The van der Waals surface area contributed by atoms with Crippen LogP contribution in [-0.2, 0) is 5.92 Å². The Balaban J connectivity index is 2.05. The lowest BCUT2D eigenvalue weighted by Gasteiger charge is -2.30. The molecule has 0 aliphatic carbocycles. The molecule has 0 radical (unpaired) electrons. The predicted octanol–water partition coefficient (Wildman–Crippen LogP) is 6.04. The molecule has 33 heavy (non-hydrogen) atoms. The van der Waals surface area contributed by atoms with Crippen molar-refractivity contribution in [1.82, 2.24) is 9.97 Å². The summed E-state index contributed by atoms with van der Waals surface area (Å²) in [7, 11) is 0. The van der Waals surface area contributed by atoms with Crippen LogP contribution in [-0.4, -0.2) is 26.8 Å². The van der Waals surface area contributed by atoms with Gasteiger partial charge in [0.25, 0.3) is 0 Å². The van der Waals surface area contributed by atoms with Gasteiger partial charge in [-0.1, -0.05) is 12.1 Å². The Morgan fingerprint density at radius 2 is 1.73 bits per heavy atom. The zero-order valence-electron chi connectivity index (χ0n) is 19.3. The molecule has 2 N–H and O–H groups in total. The first kappa shape index (κ1) is 24.7. The van der Waals surface area contributed by atoms with Crippen LogP contribution < -0.4 is 10.1 Å². The number of rotatable bonds is 7. The minimum atomic E-state index is -3.81. The topological polar surface area (TPSA) is 67.3 Å². The van der Waals surface area contributed by atoms with Crippen LogP contribution in [0.2, 0.25) is 0 Å². The van der Waals surface area contributed by atoms with Crippen LogP contribution in [0.4, 0.5) is 23.4 Å². The third-order valence-corrected chi connectivity index (χ3v) is 5.18. The largest absolute Gasteiger partial charge is 0.488 e. The summed E-state index contributed by atoms with van der Waals surface area (Å²) in [5.74, 6) is -4.89. The first-order valence-electron chi connectivity index (χ1n) is 10.5. The van der Waals surface area contributed by atoms with E-state index in [0.717, 1.165) is 19.9 Å². The van der Waals surface area contributed by atoms with E-state index in [9.17, 15) is 18.3 Å². The van der Waals surface area contributed by atoms with Crippen LogP contribution >= 0.6 is 0 Å². The van der Waals surface area contributed by atoms with E-state index in [0.29, 0.717) is 16.7 Å². The molecule has 0 spiro atoms. The van der Waals surface area contributed by atoms with Crippen LogP contribution in [0, 0.1) is 18.6 Å². The smallest absolute Gasteiger partial charge is 0.303 e. The summed E-state index contributed by atoms with van der Waals surface area (Å²) in [4.78, 5) is 8.59. The maximum Gasteiger partial charge on any atom is 0.303 e. The van der Waals surface area contributed by atoms with Gasteiger partial charge in [0.15, 0.2) is 11.6 Å². The summed E-state index contributed by atoms with van der Waals surface area (Å²) < 4.78 is 64.4. The zero-order valence-corrected chi connectivity index (χ0v) is 19.3. The van der Waals surface area contributed by atoms with Gasteiger partial charge in [-0.15, -0.1) is 0 Å². The van der Waals surface area contributed by atoms with Gasteiger partial charge in [0, 0.05) is 17.0 Å². The average molecular weight is 465 g/mol. The second-order valence-corrected chi connectivity index (χ2v) is 8.79. The number of aryl methyl sites for hydroxylation is 1. The Labute approximate surface area is 189 Å². The fourth-order valence-electron chi connectivity index (χ4n) is 3.44. The summed E-state index contributed by atoms with van der Waals surface area (Å²) in [6.07, 6.45) is -0.270. The number of halogens is 4. The van der Waals surface area contributed by atoms with Crippen molar-refractivity contribution in [3.63, 3.8) is 0 Å². The number of nitrogens with zero attached hydrogens (tertiary/aromatic N) is 2. The number of aliphatic hydroxyl groups is 1. The van der Waals surface area contributed by atoms with Crippen LogP contribution in [0.5, 0.6) is 5.75 Å². The van der Waals surface area contributed by atoms with Gasteiger partial charge in [-0.25, -0.2) is 18.7 Å². The molecular formula is C24H27F4N3O2. The van der Waals surface area contributed by atoms with Crippen molar-refractivity contribution < 1.29 is 27.4 Å². The number of alkyl halides is 2. The highest BCUT2D eigenvalue weighted by atomic mass is 19.3. The average Bonchev–Trinajstić information content (AvgIpc) is 2.67. The van der Waals surface area contributed by atoms with Crippen LogP contribution in [0.1, 0.15) is 57.6 Å². The van der Waals surface area contributed by atoms with Gasteiger partial charge < -0.3 is 15.2 Å². The molecule has 3 rings (SSSR count). The molecule has 3 aromatic rings. The van der Waals surface area contributed by atoms with Crippen LogP contribution in [0.15, 0.2) is 30.3 Å². The Kier molecular flexibility index (Phi) is 6.57. The molecule has 1 aromatic heterocycles. The predicted molar refractivity (Wildman–Crippen MR) is 119 cm³/mol. The monoisotopic (exact) mass is 465 g/mol. The van der Waals surface area contributed by atoms with E-state index in [-0.39, 0.29) is 23.2 Å². The Hall–Kier alpha value is -2.94. The van der Waals surface area contributed by atoms with Gasteiger partial charge in [0.2, 0.25) is 0 Å². The summed E-state index contributed by atoms with van der Waals surface area (Å²) in [6.45, 7) is 8.57. The highest BCUT2D eigenvalue weighted by Crippen LogP contribution is 2.41. The van der Waals surface area contributed by atoms with Crippen molar-refractivity contribution >= 4 is 16.7 Å². The maximum absolute atomic E-state index is 15.2. The van der Waals surface area contributed by atoms with Gasteiger partial charge >= 0.3 is 5.92 Å². The van der Waals surface area contributed by atoms with E-state index in [1.54, 1.807) is 27.7 Å². The third kappa shape index (κ3) is 4.88. The van der Waals surface area contributed by atoms with Crippen molar-refractivity contribution in [2.45, 2.75) is 65.2 Å². The third-order valence-electron chi connectivity index (χ3n) is 5.18. The molecule has 1 atom stereocenters. The van der Waals surface area contributed by atoms with E-state index >= 15 is 4.39 Å². The number of hydrogen-bond donors (Lipinski definition) is 2. The van der Waals surface area contributed by atoms with Crippen molar-refractivity contribution in [2.75, 3.05) is 5.32 Å². The normalized spacial score (nSPS) is 13.5. The molecule has 0 bridgehead atoms. The number of aromatic nitrogens is 2. The SMILES string of the molecule is Cc1nc(N[C@H](C)c2cccc(C(F)(F)C(C)(C)O)c2F)c2cc(OC(C)C)c(F)cc2n1. The lowest BCUT2D eigenvalue weighted by molar-refractivity contribution is -0.170. The van der Waals surface area contributed by atoms with E-state index in [2.05, 4.69) is 15.3 Å². The number of fused-ring (bicyclic) bond motifs is 1. The van der Waals surface area contributed by atoms with Crippen LogP contribution in [0.25, 0.3) is 10.9 Å². The first-order chi connectivity index (χ1) is 15.2. The van der Waals surface area contributed by atoms with Gasteiger partial charge in [-0.05, 0) is 53.7 Å². The molecule has 1 heterocycles. The van der Waals surface area contributed by atoms with Crippen molar-refractivity contribution in [3.05, 3.63) is 58.9 Å². The molecule has 0 aliphatic heterocycles. The molecule has 0 amide bonds. The summed E-state index contributed by atoms with van der Waals surface area (Å²) in [6, 6.07) is 5.52. The highest BCUT2D eigenvalue weighted by molar-refractivity contribution is 5.90. The fraction of sp³-hybridized carbons (Fsp3) is 0.417. The van der Waals surface area contributed by atoms with Crippen molar-refractivity contribution in [3.8, 4) is 5.75 Å². The van der Waals surface area contributed by atoms with E-state index in [1.165, 1.54) is 24.3 Å². The Bertz CT molecular complexity index is 1180. The molecule has 178 valence electrons. The van der Waals surface area contributed by atoms with Crippen molar-refractivity contribution in [2.24, 2.45) is 0 Å². The summed E-state index contributed by atoms with van der Waals surface area (Å²) in [5.41, 5.74) is -3.09. The standard InChI is InChI=1S/C24H27F4N3O2/c1-12(2)33-20-10-16-19(11-18(20)25)30-14(4)31-22(16)29-13(3)15-8-7-9-17(21(15)26)24(27,28)23(5,6)32/h7-13,32H,1-6H3,(H,29,30,31)/t13-/m1/s1. The number of hydrogen-bond acceptors (Lipinski definition) is 5. The van der Waals surface area contributed by atoms with Crippen LogP contribution in [0.3, 0.4) is 0 Å². The second kappa shape index (κ2) is 8.78. The minimum Gasteiger partial charge on any atom is -0.488 e. The van der Waals surface area contributed by atoms with Gasteiger partial charge in [-0.2, -0.15) is 8.78 Å². The first-order valence-corrected chi connectivity index (χ1v) is 10.5. The van der Waals surface area contributed by atoms with Gasteiger partial charge in [-0.3, -0.25) is 0 Å². The molecule has 0 saturated heterocycles.